The van der Waals surface area contributed by atoms with Gasteiger partial charge >= 0.3 is 0 Å². The number of nitrogens with zero attached hydrogens (tertiary/aromatic N) is 1. The van der Waals surface area contributed by atoms with Crippen molar-refractivity contribution in [3.05, 3.63) is 65.2 Å². The van der Waals surface area contributed by atoms with Gasteiger partial charge in [-0.15, -0.1) is 0 Å². The molecule has 2 N–H and O–H groups in total. The number of benzene rings is 2. The summed E-state index contributed by atoms with van der Waals surface area (Å²) in [7, 11) is 0. The molecule has 0 aliphatic rings. The second kappa shape index (κ2) is 8.50. The van der Waals surface area contributed by atoms with Crippen molar-refractivity contribution in [1.82, 2.24) is 5.32 Å². The van der Waals surface area contributed by atoms with Crippen LogP contribution < -0.4 is 10.6 Å². The molecule has 5 heteroatoms. The third kappa shape index (κ3) is 5.68. The fourth-order valence-electron chi connectivity index (χ4n) is 2.51. The minimum Gasteiger partial charge on any atom is -0.341 e. The van der Waals surface area contributed by atoms with Gasteiger partial charge in [0.15, 0.2) is 0 Å². The highest BCUT2D eigenvalue weighted by atomic mass is 16.2. The average Bonchev–Trinajstić information content (AvgIpc) is 2.63. The highest BCUT2D eigenvalue weighted by Crippen LogP contribution is 2.22. The van der Waals surface area contributed by atoms with Crippen molar-refractivity contribution in [2.75, 3.05) is 5.32 Å². The Morgan fingerprint density at radius 1 is 1.04 bits per heavy atom. The molecular formula is C22H25N3O2. The Kier molecular flexibility index (Phi) is 6.36. The van der Waals surface area contributed by atoms with Gasteiger partial charge in [-0.2, -0.15) is 5.26 Å². The van der Waals surface area contributed by atoms with E-state index in [2.05, 4.69) is 37.5 Å². The van der Waals surface area contributed by atoms with Crippen LogP contribution >= 0.6 is 0 Å². The maximum absolute atomic E-state index is 12.4. The summed E-state index contributed by atoms with van der Waals surface area (Å²) in [6.07, 6.45) is 0.328. The number of nitrogens with one attached hydrogen (secondary N) is 2. The van der Waals surface area contributed by atoms with Gasteiger partial charge < -0.3 is 10.6 Å². The lowest BCUT2D eigenvalue weighted by atomic mass is 9.86. The van der Waals surface area contributed by atoms with Gasteiger partial charge in [-0.3, -0.25) is 9.59 Å². The highest BCUT2D eigenvalue weighted by molar-refractivity contribution is 6.00. The minimum atomic E-state index is -0.682. The molecule has 0 fully saturated rings. The zero-order chi connectivity index (χ0) is 20.0. The van der Waals surface area contributed by atoms with Crippen LogP contribution in [0.25, 0.3) is 0 Å². The Morgan fingerprint density at radius 3 is 2.15 bits per heavy atom. The third-order valence-electron chi connectivity index (χ3n) is 4.26. The largest absolute Gasteiger partial charge is 0.341 e. The zero-order valence-electron chi connectivity index (χ0n) is 16.2. The fourth-order valence-corrected chi connectivity index (χ4v) is 2.51. The van der Waals surface area contributed by atoms with Gasteiger partial charge in [0.05, 0.1) is 12.5 Å². The molecular weight excluding hydrogens is 338 g/mol. The Hall–Kier alpha value is -3.13. The molecule has 0 spiro atoms. The molecule has 0 saturated carbocycles. The van der Waals surface area contributed by atoms with Crippen LogP contribution in [-0.2, 0) is 16.6 Å². The van der Waals surface area contributed by atoms with Crippen molar-refractivity contribution in [3.8, 4) is 6.07 Å². The van der Waals surface area contributed by atoms with Crippen molar-refractivity contribution in [2.24, 2.45) is 0 Å². The van der Waals surface area contributed by atoms with Crippen molar-refractivity contribution >= 4 is 17.5 Å². The van der Waals surface area contributed by atoms with E-state index in [9.17, 15) is 9.59 Å². The van der Waals surface area contributed by atoms with Crippen LogP contribution in [0.3, 0.4) is 0 Å². The molecule has 0 radical (unpaired) electrons. The van der Waals surface area contributed by atoms with Gasteiger partial charge in [0.2, 0.25) is 5.91 Å². The van der Waals surface area contributed by atoms with Crippen molar-refractivity contribution < 1.29 is 9.59 Å². The number of hydrogen-bond donors (Lipinski definition) is 2. The fraction of sp³-hybridized carbons (Fsp3) is 0.318. The standard InChI is InChI=1S/C22H25N3O2/c1-15(20(26)25-19-11-5-16(6-12-19)13-14-23)24-21(27)17-7-9-18(10-8-17)22(2,3)4/h5-12,15H,13H2,1-4H3,(H,24,27)(H,25,26). The van der Waals surface area contributed by atoms with E-state index in [4.69, 9.17) is 5.26 Å². The van der Waals surface area contributed by atoms with Crippen molar-refractivity contribution in [3.63, 3.8) is 0 Å². The lowest BCUT2D eigenvalue weighted by molar-refractivity contribution is -0.117. The molecule has 0 saturated heterocycles. The lowest BCUT2D eigenvalue weighted by Gasteiger charge is -2.19. The van der Waals surface area contributed by atoms with E-state index in [0.29, 0.717) is 17.7 Å². The lowest BCUT2D eigenvalue weighted by Crippen LogP contribution is -2.41. The van der Waals surface area contributed by atoms with Crippen LogP contribution in [0.4, 0.5) is 5.69 Å². The summed E-state index contributed by atoms with van der Waals surface area (Å²) in [5, 5.41) is 14.2. The normalized spacial score (nSPS) is 12.0. The second-order valence-corrected chi connectivity index (χ2v) is 7.54. The maximum Gasteiger partial charge on any atom is 0.251 e. The van der Waals surface area contributed by atoms with Crippen molar-refractivity contribution in [2.45, 2.75) is 45.6 Å². The Morgan fingerprint density at radius 2 is 1.63 bits per heavy atom. The Balaban J connectivity index is 1.95. The summed E-state index contributed by atoms with van der Waals surface area (Å²) in [5.74, 6) is -0.592. The smallest absolute Gasteiger partial charge is 0.251 e. The molecule has 2 aromatic rings. The van der Waals surface area contributed by atoms with Gasteiger partial charge in [0.1, 0.15) is 6.04 Å². The summed E-state index contributed by atoms with van der Waals surface area (Å²) in [6, 6.07) is 15.9. The molecule has 2 aromatic carbocycles. The number of rotatable bonds is 5. The first-order chi connectivity index (χ1) is 12.7. The quantitative estimate of drug-likeness (QED) is 0.847. The number of amides is 2. The van der Waals surface area contributed by atoms with Crippen LogP contribution in [-0.4, -0.2) is 17.9 Å². The summed E-state index contributed by atoms with van der Waals surface area (Å²) in [5.41, 5.74) is 3.19. The summed E-state index contributed by atoms with van der Waals surface area (Å²) < 4.78 is 0. The zero-order valence-corrected chi connectivity index (χ0v) is 16.2. The van der Waals surface area contributed by atoms with Gasteiger partial charge in [0.25, 0.3) is 5.91 Å². The molecule has 0 heterocycles. The molecule has 1 atom stereocenters. The van der Waals surface area contributed by atoms with Crippen LogP contribution in [0.15, 0.2) is 48.5 Å². The van der Waals surface area contributed by atoms with Gasteiger partial charge in [0, 0.05) is 11.3 Å². The van der Waals surface area contributed by atoms with Crippen LogP contribution in [0.1, 0.15) is 49.2 Å². The van der Waals surface area contributed by atoms with E-state index in [1.54, 1.807) is 43.3 Å². The first-order valence-corrected chi connectivity index (χ1v) is 8.89. The minimum absolute atomic E-state index is 0.0188. The molecule has 2 amide bonds. The molecule has 0 aliphatic heterocycles. The maximum atomic E-state index is 12.4. The van der Waals surface area contributed by atoms with Gasteiger partial charge in [-0.1, -0.05) is 45.0 Å². The van der Waals surface area contributed by atoms with E-state index in [1.165, 1.54) is 0 Å². The molecule has 0 aliphatic carbocycles. The van der Waals surface area contributed by atoms with E-state index < -0.39 is 6.04 Å². The van der Waals surface area contributed by atoms with Crippen LogP contribution in [0.2, 0.25) is 0 Å². The van der Waals surface area contributed by atoms with E-state index in [0.717, 1.165) is 11.1 Å². The Bertz CT molecular complexity index is 841. The van der Waals surface area contributed by atoms with E-state index >= 15 is 0 Å². The Labute approximate surface area is 160 Å². The average molecular weight is 363 g/mol. The molecule has 2 rings (SSSR count). The second-order valence-electron chi connectivity index (χ2n) is 7.54. The first kappa shape index (κ1) is 20.2. The van der Waals surface area contributed by atoms with Gasteiger partial charge in [-0.25, -0.2) is 0 Å². The first-order valence-electron chi connectivity index (χ1n) is 8.89. The SMILES string of the molecule is CC(NC(=O)c1ccc(C(C)(C)C)cc1)C(=O)Nc1ccc(CC#N)cc1. The van der Waals surface area contributed by atoms with Crippen LogP contribution in [0, 0.1) is 11.3 Å². The molecule has 27 heavy (non-hydrogen) atoms. The predicted octanol–water partition coefficient (Wildman–Crippen LogP) is 3.81. The molecule has 5 nitrogen and oxygen atoms in total. The van der Waals surface area contributed by atoms with Gasteiger partial charge in [-0.05, 0) is 47.7 Å². The predicted molar refractivity (Wildman–Crippen MR) is 106 cm³/mol. The molecule has 140 valence electrons. The highest BCUT2D eigenvalue weighted by Gasteiger charge is 2.18. The van der Waals surface area contributed by atoms with Crippen molar-refractivity contribution in [1.29, 1.82) is 5.26 Å². The summed E-state index contributed by atoms with van der Waals surface area (Å²) >= 11 is 0. The summed E-state index contributed by atoms with van der Waals surface area (Å²) in [4.78, 5) is 24.7. The molecule has 1 unspecified atom stereocenters. The number of nitriles is 1. The van der Waals surface area contributed by atoms with Crippen LogP contribution in [0.5, 0.6) is 0 Å². The molecule has 0 bridgehead atoms. The number of carbonyl (C=O) groups excluding carboxylic acids is 2. The molecule has 0 aromatic heterocycles. The monoisotopic (exact) mass is 363 g/mol. The number of anilines is 1. The topological polar surface area (TPSA) is 82.0 Å². The third-order valence-corrected chi connectivity index (χ3v) is 4.26. The summed E-state index contributed by atoms with van der Waals surface area (Å²) in [6.45, 7) is 7.98. The number of hydrogen-bond acceptors (Lipinski definition) is 3. The number of carbonyl (C=O) groups is 2. The van der Waals surface area contributed by atoms with E-state index in [1.807, 2.05) is 12.1 Å². The van der Waals surface area contributed by atoms with E-state index in [-0.39, 0.29) is 17.2 Å².